The maximum absolute atomic E-state index is 14.0. The Morgan fingerprint density at radius 3 is 2.45 bits per heavy atom. The molecule has 1 aromatic heterocycles. The third kappa shape index (κ3) is 4.16. The van der Waals surface area contributed by atoms with Crippen LogP contribution in [0.15, 0.2) is 77.6 Å². The summed E-state index contributed by atoms with van der Waals surface area (Å²) in [7, 11) is 0. The van der Waals surface area contributed by atoms with Gasteiger partial charge in [-0.1, -0.05) is 48.5 Å². The van der Waals surface area contributed by atoms with Gasteiger partial charge in [0.25, 0.3) is 5.56 Å². The number of aromatic nitrogens is 2. The van der Waals surface area contributed by atoms with E-state index in [0.29, 0.717) is 29.6 Å². The quantitative estimate of drug-likeness (QED) is 0.536. The highest BCUT2D eigenvalue weighted by molar-refractivity contribution is 5.77. The topological polar surface area (TPSA) is 46.9 Å². The number of para-hydroxylation sites is 1. The smallest absolute Gasteiger partial charge is 0.279 e. The maximum atomic E-state index is 14.0. The van der Waals surface area contributed by atoms with Crippen LogP contribution in [0, 0.1) is 11.6 Å². The van der Waals surface area contributed by atoms with E-state index in [0.717, 1.165) is 11.6 Å². The molecule has 0 atom stereocenters. The molecule has 0 aliphatic heterocycles. The van der Waals surface area contributed by atoms with Crippen LogP contribution in [-0.2, 0) is 19.4 Å². The number of rotatable bonds is 6. The summed E-state index contributed by atoms with van der Waals surface area (Å²) < 4.78 is 28.5. The Hall–Kier alpha value is -3.54. The van der Waals surface area contributed by atoms with Crippen LogP contribution in [0.1, 0.15) is 17.0 Å². The van der Waals surface area contributed by atoms with Crippen molar-refractivity contribution in [1.29, 1.82) is 0 Å². The summed E-state index contributed by atoms with van der Waals surface area (Å²) in [5, 5.41) is 0.475. The van der Waals surface area contributed by atoms with Crippen LogP contribution < -0.4 is 11.0 Å². The minimum atomic E-state index is -0.662. The molecule has 1 heterocycles. The summed E-state index contributed by atoms with van der Waals surface area (Å²) in [6.45, 7) is 0.0321. The highest BCUT2D eigenvalue weighted by Crippen LogP contribution is 2.12. The third-order valence-electron chi connectivity index (χ3n) is 4.77. The van der Waals surface area contributed by atoms with Gasteiger partial charge in [0.2, 0.25) is 0 Å². The van der Waals surface area contributed by atoms with Crippen molar-refractivity contribution in [3.63, 3.8) is 0 Å². The summed E-state index contributed by atoms with van der Waals surface area (Å²) in [6, 6.07) is 20.4. The van der Waals surface area contributed by atoms with Gasteiger partial charge in [-0.3, -0.25) is 4.79 Å². The number of hydrogen-bond donors (Lipinski definition) is 1. The molecule has 3 aromatic carbocycles. The van der Waals surface area contributed by atoms with E-state index in [4.69, 9.17) is 0 Å². The van der Waals surface area contributed by atoms with E-state index in [9.17, 15) is 13.6 Å². The Bertz CT molecular complexity index is 1210. The Labute approximate surface area is 166 Å². The molecule has 0 spiro atoms. The van der Waals surface area contributed by atoms with Crippen LogP contribution >= 0.6 is 0 Å². The second kappa shape index (κ2) is 8.22. The van der Waals surface area contributed by atoms with Crippen molar-refractivity contribution in [2.75, 3.05) is 5.43 Å². The highest BCUT2D eigenvalue weighted by atomic mass is 19.1. The van der Waals surface area contributed by atoms with Crippen molar-refractivity contribution in [2.24, 2.45) is 0 Å². The zero-order chi connectivity index (χ0) is 20.2. The molecule has 0 amide bonds. The lowest BCUT2D eigenvalue weighted by Crippen LogP contribution is -2.33. The largest absolute Gasteiger partial charge is 0.317 e. The molecular weight excluding hydrogens is 372 g/mol. The van der Waals surface area contributed by atoms with E-state index in [2.05, 4.69) is 10.4 Å². The van der Waals surface area contributed by atoms with Crippen molar-refractivity contribution >= 4 is 10.9 Å². The molecule has 146 valence electrons. The number of fused-ring (bicyclic) bond motifs is 1. The molecule has 0 radical (unpaired) electrons. The zero-order valence-electron chi connectivity index (χ0n) is 15.6. The number of benzene rings is 3. The zero-order valence-corrected chi connectivity index (χ0v) is 15.6. The number of nitrogens with zero attached hydrogens (tertiary/aromatic N) is 2. The van der Waals surface area contributed by atoms with E-state index in [-0.39, 0.29) is 17.7 Å². The van der Waals surface area contributed by atoms with Gasteiger partial charge in [0.1, 0.15) is 17.5 Å². The van der Waals surface area contributed by atoms with Crippen molar-refractivity contribution in [3.8, 4) is 0 Å². The molecule has 0 aliphatic rings. The second-order valence-corrected chi connectivity index (χ2v) is 6.74. The Morgan fingerprint density at radius 1 is 0.897 bits per heavy atom. The molecule has 4 aromatic rings. The van der Waals surface area contributed by atoms with E-state index < -0.39 is 11.6 Å². The van der Waals surface area contributed by atoms with E-state index in [1.807, 2.05) is 36.4 Å². The van der Waals surface area contributed by atoms with Crippen LogP contribution in [0.25, 0.3) is 10.9 Å². The fourth-order valence-electron chi connectivity index (χ4n) is 3.24. The molecule has 4 nitrogen and oxygen atoms in total. The summed E-state index contributed by atoms with van der Waals surface area (Å²) in [4.78, 5) is 17.7. The minimum Gasteiger partial charge on any atom is -0.317 e. The van der Waals surface area contributed by atoms with Crippen LogP contribution in [0.5, 0.6) is 0 Å². The Morgan fingerprint density at radius 2 is 1.66 bits per heavy atom. The van der Waals surface area contributed by atoms with E-state index >= 15 is 0 Å². The van der Waals surface area contributed by atoms with E-state index in [1.54, 1.807) is 18.2 Å². The van der Waals surface area contributed by atoms with Gasteiger partial charge in [-0.25, -0.2) is 18.4 Å². The lowest BCUT2D eigenvalue weighted by atomic mass is 10.1. The van der Waals surface area contributed by atoms with Crippen LogP contribution in [0.4, 0.5) is 8.78 Å². The molecule has 0 saturated carbocycles. The average Bonchev–Trinajstić information content (AvgIpc) is 2.74. The summed E-state index contributed by atoms with van der Waals surface area (Å²) in [5.41, 5.74) is 4.73. The summed E-state index contributed by atoms with van der Waals surface area (Å²) >= 11 is 0. The van der Waals surface area contributed by atoms with Gasteiger partial charge in [0.15, 0.2) is 0 Å². The molecule has 4 rings (SSSR count). The average molecular weight is 391 g/mol. The van der Waals surface area contributed by atoms with Crippen LogP contribution in [0.3, 0.4) is 0 Å². The fourth-order valence-corrected chi connectivity index (χ4v) is 3.24. The minimum absolute atomic E-state index is 0.0321. The van der Waals surface area contributed by atoms with Gasteiger partial charge in [-0.2, -0.15) is 0 Å². The first-order valence-electron chi connectivity index (χ1n) is 9.34. The molecule has 0 bridgehead atoms. The van der Waals surface area contributed by atoms with Crippen LogP contribution in [0.2, 0.25) is 0 Å². The predicted octanol–water partition coefficient (Wildman–Crippen LogP) is 4.20. The standard InChI is InChI=1S/C23H19F2N3O/c24-18-12-11-17(20(25)14-18)15-26-28-22(13-10-16-6-2-1-3-7-16)27-21-9-5-4-8-19(21)23(28)29/h1-9,11-12,14,26H,10,13,15H2. The van der Waals surface area contributed by atoms with Crippen molar-refractivity contribution < 1.29 is 8.78 Å². The van der Waals surface area contributed by atoms with Gasteiger partial charge in [-0.15, -0.1) is 0 Å². The van der Waals surface area contributed by atoms with Gasteiger partial charge >= 0.3 is 0 Å². The lowest BCUT2D eigenvalue weighted by molar-refractivity contribution is 0.570. The third-order valence-corrected chi connectivity index (χ3v) is 4.77. The Kier molecular flexibility index (Phi) is 5.33. The molecule has 0 aliphatic carbocycles. The first-order chi connectivity index (χ1) is 14.1. The number of nitrogens with one attached hydrogen (secondary N) is 1. The lowest BCUT2D eigenvalue weighted by Gasteiger charge is -2.16. The molecule has 1 N–H and O–H groups in total. The molecule has 0 unspecified atom stereocenters. The van der Waals surface area contributed by atoms with Crippen molar-refractivity contribution in [3.05, 3.63) is 112 Å². The van der Waals surface area contributed by atoms with E-state index in [1.165, 1.54) is 16.8 Å². The van der Waals surface area contributed by atoms with Crippen LogP contribution in [-0.4, -0.2) is 9.66 Å². The second-order valence-electron chi connectivity index (χ2n) is 6.74. The van der Waals surface area contributed by atoms with Gasteiger partial charge in [-0.05, 0) is 30.2 Å². The normalized spacial score (nSPS) is 11.0. The number of hydrogen-bond acceptors (Lipinski definition) is 3. The monoisotopic (exact) mass is 391 g/mol. The first-order valence-corrected chi connectivity index (χ1v) is 9.34. The van der Waals surface area contributed by atoms with Gasteiger partial charge in [0.05, 0.1) is 17.4 Å². The van der Waals surface area contributed by atoms with Gasteiger partial charge < -0.3 is 5.43 Å². The van der Waals surface area contributed by atoms with Crippen molar-refractivity contribution in [1.82, 2.24) is 9.66 Å². The molecule has 0 fully saturated rings. The van der Waals surface area contributed by atoms with Gasteiger partial charge in [0, 0.05) is 18.1 Å². The summed E-state index contributed by atoms with van der Waals surface area (Å²) in [5.74, 6) is -0.746. The first kappa shape index (κ1) is 18.8. The fraction of sp³-hybridized carbons (Fsp3) is 0.130. The highest BCUT2D eigenvalue weighted by Gasteiger charge is 2.12. The van der Waals surface area contributed by atoms with Crippen molar-refractivity contribution in [2.45, 2.75) is 19.4 Å². The molecule has 0 saturated heterocycles. The SMILES string of the molecule is O=c1c2ccccc2nc(CCc2ccccc2)n1NCc1ccc(F)cc1F. The maximum Gasteiger partial charge on any atom is 0.279 e. The number of aryl methyl sites for hydroxylation is 2. The molecule has 29 heavy (non-hydrogen) atoms. The number of halogens is 2. The predicted molar refractivity (Wildman–Crippen MR) is 109 cm³/mol. The Balaban J connectivity index is 1.67. The molecule has 6 heteroatoms. The molecular formula is C23H19F2N3O. The summed E-state index contributed by atoms with van der Waals surface area (Å²) in [6.07, 6.45) is 1.24.